The summed E-state index contributed by atoms with van der Waals surface area (Å²) in [6.45, 7) is 4.91. The fraction of sp³-hybridized carbons (Fsp3) is 0.357. The molecule has 0 saturated heterocycles. The highest BCUT2D eigenvalue weighted by molar-refractivity contribution is 5.91. The SMILES string of the molecule is CCC(=O)N1CCc2ccc(OCc3ccc(C(=O)NC4CC4)o3)cc2[C@H]1c1cccc(C)c1. The van der Waals surface area contributed by atoms with Gasteiger partial charge in [0.05, 0.1) is 6.04 Å². The Labute approximate surface area is 199 Å². The van der Waals surface area contributed by atoms with E-state index in [1.807, 2.05) is 30.0 Å². The Balaban J connectivity index is 1.37. The van der Waals surface area contributed by atoms with Crippen LogP contribution in [-0.4, -0.2) is 29.3 Å². The predicted molar refractivity (Wildman–Crippen MR) is 129 cm³/mol. The second-order valence-electron chi connectivity index (χ2n) is 9.17. The van der Waals surface area contributed by atoms with Gasteiger partial charge in [-0.3, -0.25) is 9.59 Å². The first-order valence-electron chi connectivity index (χ1n) is 12.0. The first-order valence-corrected chi connectivity index (χ1v) is 12.0. The third-order valence-corrected chi connectivity index (χ3v) is 6.51. The number of nitrogens with zero attached hydrogens (tertiary/aromatic N) is 1. The van der Waals surface area contributed by atoms with E-state index in [0.717, 1.165) is 30.4 Å². The summed E-state index contributed by atoms with van der Waals surface area (Å²) in [6, 6.07) is 18.1. The monoisotopic (exact) mass is 458 g/mol. The van der Waals surface area contributed by atoms with Crippen LogP contribution in [0, 0.1) is 6.92 Å². The van der Waals surface area contributed by atoms with Crippen molar-refractivity contribution in [3.8, 4) is 5.75 Å². The highest BCUT2D eigenvalue weighted by Crippen LogP contribution is 2.38. The van der Waals surface area contributed by atoms with Crippen molar-refractivity contribution >= 4 is 11.8 Å². The lowest BCUT2D eigenvalue weighted by Gasteiger charge is -2.38. The van der Waals surface area contributed by atoms with Gasteiger partial charge in [-0.05, 0) is 67.1 Å². The van der Waals surface area contributed by atoms with Gasteiger partial charge in [0, 0.05) is 19.0 Å². The zero-order valence-corrected chi connectivity index (χ0v) is 19.7. The molecule has 1 aromatic heterocycles. The molecule has 34 heavy (non-hydrogen) atoms. The van der Waals surface area contributed by atoms with Gasteiger partial charge in [-0.15, -0.1) is 0 Å². The van der Waals surface area contributed by atoms with Gasteiger partial charge in [0.25, 0.3) is 5.91 Å². The predicted octanol–water partition coefficient (Wildman–Crippen LogP) is 4.94. The summed E-state index contributed by atoms with van der Waals surface area (Å²) in [5.41, 5.74) is 4.61. The number of nitrogens with one attached hydrogen (secondary N) is 1. The average molecular weight is 459 g/mol. The van der Waals surface area contributed by atoms with Crippen molar-refractivity contribution in [3.63, 3.8) is 0 Å². The quantitative estimate of drug-likeness (QED) is 0.544. The molecule has 0 bridgehead atoms. The van der Waals surface area contributed by atoms with Crippen LogP contribution < -0.4 is 10.1 Å². The third kappa shape index (κ3) is 4.72. The molecule has 2 aliphatic rings. The first-order chi connectivity index (χ1) is 16.5. The fourth-order valence-corrected chi connectivity index (χ4v) is 4.57. The molecule has 176 valence electrons. The van der Waals surface area contributed by atoms with Crippen LogP contribution in [0.2, 0.25) is 0 Å². The second-order valence-corrected chi connectivity index (χ2v) is 9.17. The van der Waals surface area contributed by atoms with Gasteiger partial charge < -0.3 is 19.4 Å². The number of carbonyl (C=O) groups excluding carboxylic acids is 2. The van der Waals surface area contributed by atoms with E-state index in [2.05, 4.69) is 36.5 Å². The minimum absolute atomic E-state index is 0.138. The lowest BCUT2D eigenvalue weighted by molar-refractivity contribution is -0.132. The molecule has 1 N–H and O–H groups in total. The van der Waals surface area contributed by atoms with E-state index in [0.29, 0.717) is 30.2 Å². The van der Waals surface area contributed by atoms with Gasteiger partial charge >= 0.3 is 0 Å². The van der Waals surface area contributed by atoms with Crippen molar-refractivity contribution in [2.45, 2.75) is 58.2 Å². The maximum atomic E-state index is 12.8. The van der Waals surface area contributed by atoms with Crippen LogP contribution in [0.3, 0.4) is 0 Å². The smallest absolute Gasteiger partial charge is 0.287 e. The van der Waals surface area contributed by atoms with Crippen LogP contribution in [0.1, 0.15) is 70.8 Å². The minimum Gasteiger partial charge on any atom is -0.486 e. The Bertz CT molecular complexity index is 1210. The van der Waals surface area contributed by atoms with E-state index >= 15 is 0 Å². The van der Waals surface area contributed by atoms with Crippen LogP contribution in [0.5, 0.6) is 5.75 Å². The van der Waals surface area contributed by atoms with Crippen LogP contribution in [-0.2, 0) is 17.8 Å². The Kier molecular flexibility index (Phi) is 6.14. The van der Waals surface area contributed by atoms with Crippen LogP contribution in [0.15, 0.2) is 59.0 Å². The van der Waals surface area contributed by atoms with Crippen molar-refractivity contribution in [2.75, 3.05) is 6.54 Å². The summed E-state index contributed by atoms with van der Waals surface area (Å²) in [7, 11) is 0. The molecule has 2 amide bonds. The highest BCUT2D eigenvalue weighted by Gasteiger charge is 2.32. The minimum atomic E-state index is -0.177. The van der Waals surface area contributed by atoms with Crippen LogP contribution in [0.25, 0.3) is 0 Å². The number of furan rings is 1. The summed E-state index contributed by atoms with van der Waals surface area (Å²) in [6.07, 6.45) is 3.36. The standard InChI is InChI=1S/C28H30N2O4/c1-3-26(31)30-14-13-19-7-10-22(16-24(19)27(30)20-6-4-5-18(2)15-20)33-17-23-11-12-25(34-23)28(32)29-21-8-9-21/h4-7,10-12,15-16,21,27H,3,8-9,13-14,17H2,1-2H3,(H,29,32)/t27-/m1/s1. The van der Waals surface area contributed by atoms with Crippen molar-refractivity contribution in [1.29, 1.82) is 0 Å². The molecule has 2 aromatic carbocycles. The molecule has 1 aliphatic heterocycles. The summed E-state index contributed by atoms with van der Waals surface area (Å²) in [5.74, 6) is 1.59. The van der Waals surface area contributed by atoms with Gasteiger partial charge in [-0.1, -0.05) is 42.8 Å². The molecular weight excluding hydrogens is 428 g/mol. The van der Waals surface area contributed by atoms with Crippen LogP contribution in [0.4, 0.5) is 0 Å². The first kappa shape index (κ1) is 22.3. The number of carbonyl (C=O) groups is 2. The van der Waals surface area contributed by atoms with Crippen molar-refractivity contribution in [2.24, 2.45) is 0 Å². The number of rotatable bonds is 7. The number of fused-ring (bicyclic) bond motifs is 1. The average Bonchev–Trinajstić information content (AvgIpc) is 3.53. The normalized spacial score (nSPS) is 17.2. The van der Waals surface area contributed by atoms with E-state index in [1.165, 1.54) is 11.1 Å². The zero-order chi connectivity index (χ0) is 23.7. The lowest BCUT2D eigenvalue weighted by atomic mass is 9.87. The van der Waals surface area contributed by atoms with E-state index in [-0.39, 0.29) is 30.5 Å². The van der Waals surface area contributed by atoms with E-state index < -0.39 is 0 Å². The largest absolute Gasteiger partial charge is 0.486 e. The van der Waals surface area contributed by atoms with E-state index in [4.69, 9.17) is 9.15 Å². The third-order valence-electron chi connectivity index (χ3n) is 6.51. The molecule has 2 heterocycles. The van der Waals surface area contributed by atoms with Crippen molar-refractivity contribution in [3.05, 3.63) is 88.4 Å². The number of ether oxygens (including phenoxy) is 1. The lowest BCUT2D eigenvalue weighted by Crippen LogP contribution is -2.40. The Morgan fingerprint density at radius 1 is 1.12 bits per heavy atom. The molecule has 5 rings (SSSR count). The summed E-state index contributed by atoms with van der Waals surface area (Å²) < 4.78 is 11.7. The molecule has 6 nitrogen and oxygen atoms in total. The number of aryl methyl sites for hydroxylation is 1. The van der Waals surface area contributed by atoms with Gasteiger partial charge in [0.2, 0.25) is 5.91 Å². The second kappa shape index (κ2) is 9.37. The van der Waals surface area contributed by atoms with Gasteiger partial charge in [0.1, 0.15) is 18.1 Å². The number of hydrogen-bond donors (Lipinski definition) is 1. The van der Waals surface area contributed by atoms with E-state index in [1.54, 1.807) is 12.1 Å². The number of hydrogen-bond acceptors (Lipinski definition) is 4. The maximum absolute atomic E-state index is 12.8. The van der Waals surface area contributed by atoms with Gasteiger partial charge in [-0.25, -0.2) is 0 Å². The molecule has 1 saturated carbocycles. The fourth-order valence-electron chi connectivity index (χ4n) is 4.57. The molecule has 0 unspecified atom stereocenters. The molecular formula is C28H30N2O4. The molecule has 1 aliphatic carbocycles. The van der Waals surface area contributed by atoms with Gasteiger partial charge in [-0.2, -0.15) is 0 Å². The summed E-state index contributed by atoms with van der Waals surface area (Å²) in [4.78, 5) is 27.0. The number of amides is 2. The summed E-state index contributed by atoms with van der Waals surface area (Å²) in [5, 5.41) is 2.93. The molecule has 0 spiro atoms. The van der Waals surface area contributed by atoms with E-state index in [9.17, 15) is 9.59 Å². The maximum Gasteiger partial charge on any atom is 0.287 e. The molecule has 3 aromatic rings. The summed E-state index contributed by atoms with van der Waals surface area (Å²) >= 11 is 0. The molecule has 1 atom stereocenters. The van der Waals surface area contributed by atoms with Crippen molar-refractivity contribution < 1.29 is 18.7 Å². The van der Waals surface area contributed by atoms with Crippen molar-refractivity contribution in [1.82, 2.24) is 10.2 Å². The molecule has 6 heteroatoms. The Hall–Kier alpha value is -3.54. The number of benzene rings is 2. The van der Waals surface area contributed by atoms with Gasteiger partial charge in [0.15, 0.2) is 5.76 Å². The topological polar surface area (TPSA) is 71.8 Å². The Morgan fingerprint density at radius 2 is 1.97 bits per heavy atom. The highest BCUT2D eigenvalue weighted by atomic mass is 16.5. The zero-order valence-electron chi connectivity index (χ0n) is 19.7. The van der Waals surface area contributed by atoms with Crippen LogP contribution >= 0.6 is 0 Å². The molecule has 1 fully saturated rings. The Morgan fingerprint density at radius 3 is 2.74 bits per heavy atom. The molecule has 0 radical (unpaired) electrons.